The molecular weight excluding hydrogens is 259 g/mol. The fourth-order valence-corrected chi connectivity index (χ4v) is 2.47. The van der Waals surface area contributed by atoms with Gasteiger partial charge in [0.1, 0.15) is 5.84 Å². The van der Waals surface area contributed by atoms with Gasteiger partial charge in [-0.3, -0.25) is 5.41 Å². The number of amidine groups is 1. The third-order valence-corrected chi connectivity index (χ3v) is 3.60. The summed E-state index contributed by atoms with van der Waals surface area (Å²) in [5.41, 5.74) is 3.86. The second-order valence-electron chi connectivity index (χ2n) is 4.18. The maximum absolute atomic E-state index is 11.8. The van der Waals surface area contributed by atoms with Gasteiger partial charge in [0.25, 0.3) is 0 Å². The fourth-order valence-electron chi connectivity index (χ4n) is 0.957. The second kappa shape index (κ2) is 5.21. The Morgan fingerprint density at radius 2 is 1.82 bits per heavy atom. The molecule has 0 saturated carbocycles. The molecule has 0 unspecified atom stereocenters. The standard InChI is InChI=1S/C8H16F3N3O2S/c1-7(2,6(12)13)14-17(15,16)5-3-4-8(9,10)11/h14H,3-5H2,1-2H3,(H3,12,13). The third kappa shape index (κ3) is 7.16. The number of nitrogens with two attached hydrogens (primary N) is 1. The highest BCUT2D eigenvalue weighted by Gasteiger charge is 2.30. The van der Waals surface area contributed by atoms with Crippen LogP contribution >= 0.6 is 0 Å². The molecule has 0 aromatic carbocycles. The molecule has 5 nitrogen and oxygen atoms in total. The summed E-state index contributed by atoms with van der Waals surface area (Å²) in [7, 11) is -3.88. The lowest BCUT2D eigenvalue weighted by Gasteiger charge is -2.24. The van der Waals surface area contributed by atoms with E-state index in [4.69, 9.17) is 11.1 Å². The highest BCUT2D eigenvalue weighted by atomic mass is 32.2. The van der Waals surface area contributed by atoms with Crippen molar-refractivity contribution in [1.82, 2.24) is 4.72 Å². The molecule has 0 aromatic heterocycles. The Labute approximate surface area is 98.1 Å². The lowest BCUT2D eigenvalue weighted by atomic mass is 10.1. The van der Waals surface area contributed by atoms with Crippen LogP contribution in [0.25, 0.3) is 0 Å². The van der Waals surface area contributed by atoms with E-state index in [1.165, 1.54) is 13.8 Å². The van der Waals surface area contributed by atoms with Gasteiger partial charge in [0.15, 0.2) is 0 Å². The smallest absolute Gasteiger partial charge is 0.386 e. The molecule has 0 amide bonds. The summed E-state index contributed by atoms with van der Waals surface area (Å²) < 4.78 is 60.4. The number of hydrogen-bond acceptors (Lipinski definition) is 3. The lowest BCUT2D eigenvalue weighted by Crippen LogP contribution is -2.53. The molecule has 0 spiro atoms. The van der Waals surface area contributed by atoms with E-state index in [0.29, 0.717) is 0 Å². The molecule has 0 fully saturated rings. The number of sulfonamides is 1. The van der Waals surface area contributed by atoms with Gasteiger partial charge in [0.05, 0.1) is 11.3 Å². The molecule has 102 valence electrons. The van der Waals surface area contributed by atoms with E-state index < -0.39 is 46.2 Å². The first-order valence-corrected chi connectivity index (χ1v) is 6.44. The number of hydrogen-bond donors (Lipinski definition) is 3. The summed E-state index contributed by atoms with van der Waals surface area (Å²) in [5, 5.41) is 7.12. The minimum absolute atomic E-state index is 0.406. The van der Waals surface area contributed by atoms with Crippen LogP contribution in [-0.2, 0) is 10.0 Å². The summed E-state index contributed by atoms with van der Waals surface area (Å²) in [5.74, 6) is -1.06. The highest BCUT2D eigenvalue weighted by molar-refractivity contribution is 7.89. The molecule has 0 aromatic rings. The molecule has 0 radical (unpaired) electrons. The summed E-state index contributed by atoms with van der Waals surface area (Å²) in [6.45, 7) is 2.72. The van der Waals surface area contributed by atoms with Gasteiger partial charge in [-0.1, -0.05) is 0 Å². The van der Waals surface area contributed by atoms with Gasteiger partial charge < -0.3 is 5.73 Å². The zero-order valence-corrected chi connectivity index (χ0v) is 10.4. The van der Waals surface area contributed by atoms with Crippen molar-refractivity contribution in [2.75, 3.05) is 5.75 Å². The molecule has 0 saturated heterocycles. The number of rotatable bonds is 6. The van der Waals surface area contributed by atoms with Crippen molar-refractivity contribution < 1.29 is 21.6 Å². The minimum atomic E-state index is -4.37. The van der Waals surface area contributed by atoms with E-state index in [0.717, 1.165) is 0 Å². The normalized spacial score (nSPS) is 13.7. The fraction of sp³-hybridized carbons (Fsp3) is 0.875. The van der Waals surface area contributed by atoms with Crippen LogP contribution in [0.15, 0.2) is 0 Å². The summed E-state index contributed by atoms with van der Waals surface area (Å²) >= 11 is 0. The van der Waals surface area contributed by atoms with E-state index in [9.17, 15) is 21.6 Å². The van der Waals surface area contributed by atoms with Crippen molar-refractivity contribution >= 4 is 15.9 Å². The van der Waals surface area contributed by atoms with Crippen LogP contribution in [0.4, 0.5) is 13.2 Å². The first kappa shape index (κ1) is 16.2. The Hall–Kier alpha value is -0.830. The van der Waals surface area contributed by atoms with Gasteiger partial charge in [-0.2, -0.15) is 13.2 Å². The Morgan fingerprint density at radius 3 is 2.18 bits per heavy atom. The lowest BCUT2D eigenvalue weighted by molar-refractivity contribution is -0.134. The van der Waals surface area contributed by atoms with E-state index >= 15 is 0 Å². The van der Waals surface area contributed by atoms with Crippen molar-refractivity contribution in [1.29, 1.82) is 5.41 Å². The van der Waals surface area contributed by atoms with Gasteiger partial charge in [-0.25, -0.2) is 13.1 Å². The van der Waals surface area contributed by atoms with Crippen LogP contribution in [0.5, 0.6) is 0 Å². The number of alkyl halides is 3. The van der Waals surface area contributed by atoms with Crippen molar-refractivity contribution in [3.63, 3.8) is 0 Å². The predicted octanol–water partition coefficient (Wildman–Crippen LogP) is 0.963. The second-order valence-corrected chi connectivity index (χ2v) is 6.02. The first-order chi connectivity index (χ1) is 7.36. The molecule has 0 bridgehead atoms. The van der Waals surface area contributed by atoms with Crippen LogP contribution in [-0.4, -0.2) is 31.7 Å². The zero-order valence-electron chi connectivity index (χ0n) is 9.56. The topological polar surface area (TPSA) is 96.0 Å². The van der Waals surface area contributed by atoms with Crippen LogP contribution in [0, 0.1) is 5.41 Å². The average molecular weight is 275 g/mol. The molecule has 0 aliphatic carbocycles. The molecule has 0 aliphatic heterocycles. The maximum atomic E-state index is 11.8. The van der Waals surface area contributed by atoms with E-state index in [-0.39, 0.29) is 0 Å². The number of nitrogens with one attached hydrogen (secondary N) is 2. The number of halogens is 3. The zero-order chi connectivity index (χ0) is 13.9. The SMILES string of the molecule is CC(C)(NS(=O)(=O)CCCC(F)(F)F)C(=N)N. The Bertz CT molecular complexity index is 376. The quantitative estimate of drug-likeness (QED) is 0.497. The molecular formula is C8H16F3N3O2S. The van der Waals surface area contributed by atoms with Gasteiger partial charge >= 0.3 is 6.18 Å². The maximum Gasteiger partial charge on any atom is 0.389 e. The van der Waals surface area contributed by atoms with Crippen molar-refractivity contribution in [3.05, 3.63) is 0 Å². The Balaban J connectivity index is 4.37. The van der Waals surface area contributed by atoms with Gasteiger partial charge in [0.2, 0.25) is 10.0 Å². The molecule has 4 N–H and O–H groups in total. The summed E-state index contributed by atoms with van der Waals surface area (Å²) in [6, 6.07) is 0. The van der Waals surface area contributed by atoms with Crippen molar-refractivity contribution in [2.24, 2.45) is 5.73 Å². The molecule has 0 heterocycles. The van der Waals surface area contributed by atoms with Gasteiger partial charge in [-0.15, -0.1) is 0 Å². The van der Waals surface area contributed by atoms with Crippen LogP contribution in [0.1, 0.15) is 26.7 Å². The average Bonchev–Trinajstić information content (AvgIpc) is 1.97. The Morgan fingerprint density at radius 1 is 1.35 bits per heavy atom. The Kier molecular flexibility index (Phi) is 4.96. The van der Waals surface area contributed by atoms with Gasteiger partial charge in [-0.05, 0) is 20.3 Å². The third-order valence-electron chi connectivity index (χ3n) is 1.96. The van der Waals surface area contributed by atoms with Crippen LogP contribution in [0.3, 0.4) is 0 Å². The van der Waals surface area contributed by atoms with E-state index in [2.05, 4.69) is 4.72 Å². The van der Waals surface area contributed by atoms with E-state index in [1.54, 1.807) is 0 Å². The van der Waals surface area contributed by atoms with Crippen molar-refractivity contribution in [2.45, 2.75) is 38.4 Å². The first-order valence-electron chi connectivity index (χ1n) is 4.79. The van der Waals surface area contributed by atoms with Gasteiger partial charge in [0, 0.05) is 6.42 Å². The minimum Gasteiger partial charge on any atom is -0.386 e. The molecule has 0 aliphatic rings. The monoisotopic (exact) mass is 275 g/mol. The molecule has 17 heavy (non-hydrogen) atoms. The summed E-state index contributed by atoms with van der Waals surface area (Å²) in [4.78, 5) is 0. The largest absolute Gasteiger partial charge is 0.389 e. The predicted molar refractivity (Wildman–Crippen MR) is 58.2 cm³/mol. The summed E-state index contributed by atoms with van der Waals surface area (Å²) in [6.07, 6.45) is -6.05. The van der Waals surface area contributed by atoms with Crippen molar-refractivity contribution in [3.8, 4) is 0 Å². The molecule has 0 rings (SSSR count). The molecule has 0 atom stereocenters. The molecule has 9 heteroatoms. The van der Waals surface area contributed by atoms with Crippen LogP contribution < -0.4 is 10.5 Å². The van der Waals surface area contributed by atoms with E-state index in [1.807, 2.05) is 0 Å². The van der Waals surface area contributed by atoms with Crippen LogP contribution in [0.2, 0.25) is 0 Å². The highest BCUT2D eigenvalue weighted by Crippen LogP contribution is 2.21.